The molecule has 0 radical (unpaired) electrons. The number of methoxy groups -OCH3 is 2. The second kappa shape index (κ2) is 6.33. The quantitative estimate of drug-likeness (QED) is 0.757. The van der Waals surface area contributed by atoms with Crippen molar-refractivity contribution in [3.05, 3.63) is 23.5 Å². The summed E-state index contributed by atoms with van der Waals surface area (Å²) in [6.07, 6.45) is 2.66. The molecule has 1 aromatic carbocycles. The van der Waals surface area contributed by atoms with E-state index in [9.17, 15) is 4.39 Å². The first kappa shape index (κ1) is 12.8. The Bertz CT molecular complexity index is 317. The Labute approximate surface area is 95.4 Å². The Kier molecular flexibility index (Phi) is 5.05. The molecule has 0 heterocycles. The molecule has 1 rings (SSSR count). The number of halogens is 1. The summed E-state index contributed by atoms with van der Waals surface area (Å²) in [5, 5.41) is 0. The fourth-order valence-corrected chi connectivity index (χ4v) is 1.64. The molecule has 0 aromatic heterocycles. The molecule has 0 unspecified atom stereocenters. The standard InChI is InChI=1S/C12H18FNO2/c1-15-11-7-9(13)8-12(16-2)10(11)5-3-4-6-14/h7-8H,3-6,14H2,1-2H3. The number of hydrogen-bond acceptors (Lipinski definition) is 3. The maximum Gasteiger partial charge on any atom is 0.130 e. The molecule has 4 heteroatoms. The van der Waals surface area contributed by atoms with Gasteiger partial charge in [0.05, 0.1) is 14.2 Å². The van der Waals surface area contributed by atoms with Crippen LogP contribution in [0.4, 0.5) is 4.39 Å². The van der Waals surface area contributed by atoms with Gasteiger partial charge in [0.25, 0.3) is 0 Å². The van der Waals surface area contributed by atoms with Gasteiger partial charge in [-0.3, -0.25) is 0 Å². The summed E-state index contributed by atoms with van der Waals surface area (Å²) in [5.41, 5.74) is 6.34. The fourth-order valence-electron chi connectivity index (χ4n) is 1.64. The summed E-state index contributed by atoms with van der Waals surface area (Å²) in [5.74, 6) is 0.721. The van der Waals surface area contributed by atoms with Crippen LogP contribution in [-0.2, 0) is 6.42 Å². The van der Waals surface area contributed by atoms with E-state index in [1.165, 1.54) is 26.4 Å². The van der Waals surface area contributed by atoms with Crippen molar-refractivity contribution in [3.63, 3.8) is 0 Å². The summed E-state index contributed by atoms with van der Waals surface area (Å²) in [7, 11) is 3.06. The molecule has 0 aliphatic carbocycles. The van der Waals surface area contributed by atoms with Crippen LogP contribution in [0.2, 0.25) is 0 Å². The van der Waals surface area contributed by atoms with Crippen molar-refractivity contribution in [2.45, 2.75) is 19.3 Å². The molecular weight excluding hydrogens is 209 g/mol. The van der Waals surface area contributed by atoms with Gasteiger partial charge in [0.2, 0.25) is 0 Å². The summed E-state index contributed by atoms with van der Waals surface area (Å²) in [4.78, 5) is 0. The molecule has 0 spiro atoms. The normalized spacial score (nSPS) is 10.2. The minimum Gasteiger partial charge on any atom is -0.496 e. The van der Waals surface area contributed by atoms with Gasteiger partial charge in [-0.05, 0) is 25.8 Å². The van der Waals surface area contributed by atoms with E-state index >= 15 is 0 Å². The maximum atomic E-state index is 13.2. The number of benzene rings is 1. The maximum absolute atomic E-state index is 13.2. The van der Waals surface area contributed by atoms with E-state index in [1.54, 1.807) is 0 Å². The zero-order valence-electron chi connectivity index (χ0n) is 9.75. The molecule has 0 saturated carbocycles. The molecule has 0 aliphatic rings. The molecule has 90 valence electrons. The van der Waals surface area contributed by atoms with Crippen LogP contribution >= 0.6 is 0 Å². The molecule has 0 atom stereocenters. The van der Waals surface area contributed by atoms with Gasteiger partial charge in [0.15, 0.2) is 0 Å². The van der Waals surface area contributed by atoms with E-state index in [0.29, 0.717) is 18.0 Å². The Hall–Kier alpha value is -1.29. The van der Waals surface area contributed by atoms with Crippen LogP contribution in [0.5, 0.6) is 11.5 Å². The summed E-state index contributed by atoms with van der Waals surface area (Å²) >= 11 is 0. The zero-order chi connectivity index (χ0) is 12.0. The van der Waals surface area contributed by atoms with Crippen LogP contribution in [0.25, 0.3) is 0 Å². The van der Waals surface area contributed by atoms with E-state index in [-0.39, 0.29) is 5.82 Å². The second-order valence-corrected chi connectivity index (χ2v) is 3.53. The van der Waals surface area contributed by atoms with Gasteiger partial charge in [-0.2, -0.15) is 0 Å². The molecule has 0 aliphatic heterocycles. The van der Waals surface area contributed by atoms with Gasteiger partial charge in [-0.15, -0.1) is 0 Å². The molecular formula is C12H18FNO2. The Balaban J connectivity index is 2.93. The van der Waals surface area contributed by atoms with Gasteiger partial charge in [-0.25, -0.2) is 4.39 Å². The lowest BCUT2D eigenvalue weighted by Gasteiger charge is -2.13. The molecule has 0 fully saturated rings. The minimum absolute atomic E-state index is 0.351. The van der Waals surface area contributed by atoms with Crippen LogP contribution in [0.1, 0.15) is 18.4 Å². The predicted octanol–water partition coefficient (Wildman–Crippen LogP) is 2.12. The highest BCUT2D eigenvalue weighted by molar-refractivity contribution is 5.45. The first-order chi connectivity index (χ1) is 7.72. The molecule has 0 bridgehead atoms. The number of hydrogen-bond donors (Lipinski definition) is 1. The van der Waals surface area contributed by atoms with Crippen LogP contribution in [0, 0.1) is 5.82 Å². The lowest BCUT2D eigenvalue weighted by molar-refractivity contribution is 0.378. The number of nitrogens with two attached hydrogens (primary N) is 1. The van der Waals surface area contributed by atoms with Crippen LogP contribution in [0.3, 0.4) is 0 Å². The predicted molar refractivity (Wildman–Crippen MR) is 61.5 cm³/mol. The lowest BCUT2D eigenvalue weighted by atomic mass is 10.1. The number of unbranched alkanes of at least 4 members (excludes halogenated alkanes) is 1. The van der Waals surface area contributed by atoms with Gasteiger partial charge in [0.1, 0.15) is 17.3 Å². The molecule has 3 nitrogen and oxygen atoms in total. The van der Waals surface area contributed by atoms with Crippen molar-refractivity contribution in [2.24, 2.45) is 5.73 Å². The van der Waals surface area contributed by atoms with Gasteiger partial charge in [0, 0.05) is 17.7 Å². The zero-order valence-corrected chi connectivity index (χ0v) is 9.75. The van der Waals surface area contributed by atoms with Gasteiger partial charge >= 0.3 is 0 Å². The molecule has 0 saturated heterocycles. The average Bonchev–Trinajstić information content (AvgIpc) is 2.30. The van der Waals surface area contributed by atoms with E-state index in [4.69, 9.17) is 15.2 Å². The van der Waals surface area contributed by atoms with Crippen molar-refractivity contribution in [3.8, 4) is 11.5 Å². The van der Waals surface area contributed by atoms with Crippen LogP contribution in [0.15, 0.2) is 12.1 Å². The topological polar surface area (TPSA) is 44.5 Å². The van der Waals surface area contributed by atoms with Gasteiger partial charge in [-0.1, -0.05) is 0 Å². The van der Waals surface area contributed by atoms with E-state index in [0.717, 1.165) is 24.8 Å². The number of rotatable bonds is 6. The summed E-state index contributed by atoms with van der Waals surface area (Å²) in [6.45, 7) is 0.659. The minimum atomic E-state index is -0.351. The molecule has 0 amide bonds. The first-order valence-electron chi connectivity index (χ1n) is 5.33. The Morgan fingerprint density at radius 1 is 1.12 bits per heavy atom. The highest BCUT2D eigenvalue weighted by Crippen LogP contribution is 2.31. The van der Waals surface area contributed by atoms with Crippen molar-refractivity contribution >= 4 is 0 Å². The molecule has 16 heavy (non-hydrogen) atoms. The lowest BCUT2D eigenvalue weighted by Crippen LogP contribution is -2.02. The van der Waals surface area contributed by atoms with E-state index in [1.807, 2.05) is 0 Å². The van der Waals surface area contributed by atoms with E-state index < -0.39 is 0 Å². The monoisotopic (exact) mass is 227 g/mol. The van der Waals surface area contributed by atoms with Crippen LogP contribution < -0.4 is 15.2 Å². The summed E-state index contributed by atoms with van der Waals surface area (Å²) < 4.78 is 23.5. The van der Waals surface area contributed by atoms with Crippen molar-refractivity contribution < 1.29 is 13.9 Å². The molecule has 2 N–H and O–H groups in total. The third kappa shape index (κ3) is 3.10. The highest BCUT2D eigenvalue weighted by atomic mass is 19.1. The van der Waals surface area contributed by atoms with Crippen molar-refractivity contribution in [2.75, 3.05) is 20.8 Å². The smallest absolute Gasteiger partial charge is 0.130 e. The fraction of sp³-hybridized carbons (Fsp3) is 0.500. The Morgan fingerprint density at radius 2 is 1.69 bits per heavy atom. The third-order valence-electron chi connectivity index (χ3n) is 2.45. The Morgan fingerprint density at radius 3 is 2.12 bits per heavy atom. The second-order valence-electron chi connectivity index (χ2n) is 3.53. The van der Waals surface area contributed by atoms with E-state index in [2.05, 4.69) is 0 Å². The van der Waals surface area contributed by atoms with Gasteiger partial charge < -0.3 is 15.2 Å². The number of ether oxygens (including phenoxy) is 2. The molecule has 1 aromatic rings. The SMILES string of the molecule is COc1cc(F)cc(OC)c1CCCCN. The van der Waals surface area contributed by atoms with Crippen molar-refractivity contribution in [1.82, 2.24) is 0 Å². The first-order valence-corrected chi connectivity index (χ1v) is 5.33. The average molecular weight is 227 g/mol. The largest absolute Gasteiger partial charge is 0.496 e. The third-order valence-corrected chi connectivity index (χ3v) is 2.45. The van der Waals surface area contributed by atoms with Crippen molar-refractivity contribution in [1.29, 1.82) is 0 Å². The summed E-state index contributed by atoms with van der Waals surface area (Å²) in [6, 6.07) is 2.75. The highest BCUT2D eigenvalue weighted by Gasteiger charge is 2.12. The van der Waals surface area contributed by atoms with Crippen LogP contribution in [-0.4, -0.2) is 20.8 Å².